The van der Waals surface area contributed by atoms with Crippen molar-refractivity contribution in [3.63, 3.8) is 0 Å². The van der Waals surface area contributed by atoms with Crippen molar-refractivity contribution in [2.75, 3.05) is 13.2 Å². The summed E-state index contributed by atoms with van der Waals surface area (Å²) < 4.78 is 11.1. The zero-order chi connectivity index (χ0) is 43.4. The molecule has 0 amide bonds. The molecule has 0 aromatic rings. The Morgan fingerprint density at radius 2 is 0.915 bits per heavy atom. The predicted molar refractivity (Wildman–Crippen MR) is 237 cm³/mol. The smallest absolute Gasteiger partial charge is 0.223 e. The predicted octanol–water partition coefficient (Wildman–Crippen LogP) is 7.88. The first-order valence-electron chi connectivity index (χ1n) is 21.7. The number of aliphatic hydroxyl groups excluding tert-OH is 6. The standard InChI is InChI=1S/C49H74O10/c1-3-5-7-9-11-13-15-17-19-21-23-25-27-29-31-33-35-37-42(52)49(44(54)40-51,59-48-47(57)46(56)45(55)41(39-50)58-48)43(53)38-36-34-32-30-28-26-24-22-20-18-16-14-12-10-8-6-4-2/h19-38,41,44-48,50-51,54-57H,3-18,39-40H2,1-2H3/t41-,44?,45+,46+,47-,48?,49?/m1/s1. The van der Waals surface area contributed by atoms with E-state index < -0.39 is 67.2 Å². The van der Waals surface area contributed by atoms with Gasteiger partial charge in [-0.2, -0.15) is 0 Å². The molecule has 0 spiro atoms. The highest BCUT2D eigenvalue weighted by Crippen LogP contribution is 2.30. The first-order valence-corrected chi connectivity index (χ1v) is 21.7. The molecule has 0 aromatic carbocycles. The number of carbonyl (C=O) groups is 2. The summed E-state index contributed by atoms with van der Waals surface area (Å²) in [6, 6.07) is 0. The minimum Gasteiger partial charge on any atom is -0.394 e. The number of unbranched alkanes of at least 4 members (excludes halogenated alkanes) is 14. The van der Waals surface area contributed by atoms with E-state index in [1.54, 1.807) is 36.5 Å². The Bertz CT molecular complexity index is 1330. The van der Waals surface area contributed by atoms with Crippen molar-refractivity contribution in [2.45, 2.75) is 159 Å². The fraction of sp³-hybridized carbons (Fsp3) is 0.551. The Morgan fingerprint density at radius 1 is 0.542 bits per heavy atom. The molecule has 59 heavy (non-hydrogen) atoms. The van der Waals surface area contributed by atoms with Gasteiger partial charge in [0.2, 0.25) is 5.60 Å². The van der Waals surface area contributed by atoms with Crippen LogP contribution < -0.4 is 0 Å². The van der Waals surface area contributed by atoms with Crippen LogP contribution in [0.2, 0.25) is 0 Å². The highest BCUT2D eigenvalue weighted by Gasteiger charge is 2.55. The van der Waals surface area contributed by atoms with E-state index in [1.807, 2.05) is 36.5 Å². The normalized spacial score (nSPS) is 22.5. The van der Waals surface area contributed by atoms with E-state index in [1.165, 1.54) is 114 Å². The van der Waals surface area contributed by atoms with Crippen molar-refractivity contribution < 1.29 is 49.7 Å². The van der Waals surface area contributed by atoms with Crippen LogP contribution in [0.1, 0.15) is 117 Å². The van der Waals surface area contributed by atoms with Gasteiger partial charge in [0.1, 0.15) is 30.5 Å². The lowest BCUT2D eigenvalue weighted by Crippen LogP contribution is -2.65. The zero-order valence-electron chi connectivity index (χ0n) is 35.6. The van der Waals surface area contributed by atoms with E-state index in [4.69, 9.17) is 9.47 Å². The Balaban J connectivity index is 2.99. The molecule has 6 atom stereocenters. The van der Waals surface area contributed by atoms with Crippen LogP contribution in [0.5, 0.6) is 0 Å². The molecule has 0 saturated carbocycles. The van der Waals surface area contributed by atoms with Gasteiger partial charge in [-0.25, -0.2) is 0 Å². The molecule has 10 nitrogen and oxygen atoms in total. The maximum atomic E-state index is 13.8. The molecular formula is C49H74O10. The number of ketones is 2. The second-order valence-electron chi connectivity index (χ2n) is 14.7. The van der Waals surface area contributed by atoms with Crippen LogP contribution in [0.3, 0.4) is 0 Å². The van der Waals surface area contributed by atoms with Crippen molar-refractivity contribution in [1.29, 1.82) is 0 Å². The van der Waals surface area contributed by atoms with E-state index >= 15 is 0 Å². The number of carbonyl (C=O) groups excluding carboxylic acids is 2. The lowest BCUT2D eigenvalue weighted by molar-refractivity contribution is -0.324. The van der Waals surface area contributed by atoms with Gasteiger partial charge in [0.05, 0.1) is 13.2 Å². The number of rotatable bonds is 33. The summed E-state index contributed by atoms with van der Waals surface area (Å²) in [5, 5.41) is 61.9. The van der Waals surface area contributed by atoms with E-state index in [0.29, 0.717) is 0 Å². The highest BCUT2D eigenvalue weighted by molar-refractivity contribution is 6.19. The molecule has 10 heteroatoms. The molecule has 0 radical (unpaired) electrons. The van der Waals surface area contributed by atoms with Crippen LogP contribution in [-0.4, -0.2) is 97.8 Å². The summed E-state index contributed by atoms with van der Waals surface area (Å²) in [7, 11) is 0. The zero-order valence-corrected chi connectivity index (χ0v) is 35.6. The first kappa shape index (κ1) is 53.4. The van der Waals surface area contributed by atoms with Crippen LogP contribution in [-0.2, 0) is 19.1 Å². The second-order valence-corrected chi connectivity index (χ2v) is 14.7. The third kappa shape index (κ3) is 22.6. The minimum absolute atomic E-state index is 0.797. The van der Waals surface area contributed by atoms with Crippen molar-refractivity contribution in [3.05, 3.63) is 122 Å². The van der Waals surface area contributed by atoms with Crippen LogP contribution in [0.25, 0.3) is 0 Å². The molecule has 1 aliphatic rings. The molecule has 1 rings (SSSR count). The van der Waals surface area contributed by atoms with Crippen LogP contribution in [0.4, 0.5) is 0 Å². The van der Waals surface area contributed by atoms with Crippen molar-refractivity contribution in [3.8, 4) is 0 Å². The van der Waals surface area contributed by atoms with Gasteiger partial charge in [0, 0.05) is 0 Å². The first-order chi connectivity index (χ1) is 28.7. The van der Waals surface area contributed by atoms with Crippen LogP contribution in [0, 0.1) is 0 Å². The summed E-state index contributed by atoms with van der Waals surface area (Å²) in [4.78, 5) is 27.6. The lowest BCUT2D eigenvalue weighted by atomic mass is 9.85. The summed E-state index contributed by atoms with van der Waals surface area (Å²) in [5.74, 6) is -2.20. The Kier molecular flexibility index (Phi) is 31.9. The van der Waals surface area contributed by atoms with Gasteiger partial charge in [0.25, 0.3) is 0 Å². The molecular weight excluding hydrogens is 749 g/mol. The Morgan fingerprint density at radius 3 is 1.31 bits per heavy atom. The van der Waals surface area contributed by atoms with Crippen molar-refractivity contribution in [2.24, 2.45) is 0 Å². The van der Waals surface area contributed by atoms with Gasteiger partial charge in [0.15, 0.2) is 17.9 Å². The molecule has 1 fully saturated rings. The third-order valence-corrected chi connectivity index (χ3v) is 9.80. The van der Waals surface area contributed by atoms with Crippen molar-refractivity contribution >= 4 is 11.6 Å². The number of aliphatic hydroxyl groups is 6. The molecule has 1 aliphatic heterocycles. The van der Waals surface area contributed by atoms with E-state index in [-0.39, 0.29) is 0 Å². The van der Waals surface area contributed by atoms with Gasteiger partial charge in [-0.3, -0.25) is 9.59 Å². The molecule has 0 aromatic heterocycles. The van der Waals surface area contributed by atoms with E-state index in [0.717, 1.165) is 25.0 Å². The SMILES string of the molecule is CCCCCCCCCC=CC=CC=CC=CC=CC(=O)C(OC1O[C@H](CO)[C@H](O)[C@H](O)[C@H]1O)(C(=O)C=CC=CC=CC=CC=CCCCCCCCCC)C(O)CO. The lowest BCUT2D eigenvalue weighted by Gasteiger charge is -2.43. The van der Waals surface area contributed by atoms with Gasteiger partial charge in [-0.05, 0) is 37.8 Å². The molecule has 1 heterocycles. The maximum Gasteiger partial charge on any atom is 0.223 e. The van der Waals surface area contributed by atoms with E-state index in [9.17, 15) is 40.2 Å². The largest absolute Gasteiger partial charge is 0.394 e. The number of hydrogen-bond donors (Lipinski definition) is 6. The molecule has 6 N–H and O–H groups in total. The fourth-order valence-corrected chi connectivity index (χ4v) is 6.21. The van der Waals surface area contributed by atoms with Gasteiger partial charge in [-0.1, -0.05) is 200 Å². The molecule has 0 bridgehead atoms. The average molecular weight is 823 g/mol. The van der Waals surface area contributed by atoms with Crippen LogP contribution >= 0.6 is 0 Å². The molecule has 2 unspecified atom stereocenters. The summed E-state index contributed by atoms with van der Waals surface area (Å²) >= 11 is 0. The molecule has 1 saturated heterocycles. The number of hydrogen-bond acceptors (Lipinski definition) is 10. The summed E-state index contributed by atoms with van der Waals surface area (Å²) in [6.07, 6.45) is 42.5. The molecule has 0 aliphatic carbocycles. The van der Waals surface area contributed by atoms with E-state index in [2.05, 4.69) is 26.0 Å². The van der Waals surface area contributed by atoms with Crippen molar-refractivity contribution in [1.82, 2.24) is 0 Å². The summed E-state index contributed by atoms with van der Waals surface area (Å²) in [5.41, 5.74) is -2.85. The quantitative estimate of drug-likeness (QED) is 0.0166. The Hall–Kier alpha value is -3.58. The highest BCUT2D eigenvalue weighted by atomic mass is 16.7. The minimum atomic E-state index is -2.85. The average Bonchev–Trinajstić information content (AvgIpc) is 3.24. The van der Waals surface area contributed by atoms with Gasteiger partial charge >= 0.3 is 0 Å². The fourth-order valence-electron chi connectivity index (χ4n) is 6.21. The topological polar surface area (TPSA) is 174 Å². The number of allylic oxidation sites excluding steroid dienone is 18. The maximum absolute atomic E-state index is 13.8. The van der Waals surface area contributed by atoms with Gasteiger partial charge < -0.3 is 40.1 Å². The third-order valence-electron chi connectivity index (χ3n) is 9.80. The Labute approximate surface area is 354 Å². The van der Waals surface area contributed by atoms with Gasteiger partial charge in [-0.15, -0.1) is 0 Å². The summed E-state index contributed by atoms with van der Waals surface area (Å²) in [6.45, 7) is 2.54. The monoisotopic (exact) mass is 823 g/mol. The molecule has 330 valence electrons. The number of ether oxygens (including phenoxy) is 2. The van der Waals surface area contributed by atoms with Crippen LogP contribution in [0.15, 0.2) is 122 Å². The second kappa shape index (κ2) is 35.2.